The van der Waals surface area contributed by atoms with E-state index < -0.39 is 0 Å². The van der Waals surface area contributed by atoms with Crippen LogP contribution in [0, 0.1) is 0 Å². The van der Waals surface area contributed by atoms with Gasteiger partial charge in [-0.3, -0.25) is 0 Å². The molecule has 0 bridgehead atoms. The quantitative estimate of drug-likeness (QED) is 0.173. The molecule has 0 unspecified atom stereocenters. The van der Waals surface area contributed by atoms with Crippen molar-refractivity contribution in [3.8, 4) is 0 Å². The molecule has 0 N–H and O–H groups in total. The number of benzene rings is 5. The number of hydrogen-bond donors (Lipinski definition) is 0. The van der Waals surface area contributed by atoms with Gasteiger partial charge in [-0.05, 0) is 119 Å². The van der Waals surface area contributed by atoms with Crippen molar-refractivity contribution in [2.45, 2.75) is 52.4 Å². The summed E-state index contributed by atoms with van der Waals surface area (Å²) in [6, 6.07) is 44.0. The van der Waals surface area contributed by atoms with Crippen molar-refractivity contribution in [2.24, 2.45) is 0 Å². The number of nitrogens with zero attached hydrogens (tertiary/aromatic N) is 4. The SMILES string of the molecule is CN(c1ccc(N(C)c2ccc(N(C)c3ccc(C(C)(C)C)cc3)cc2)cc1)c1ccc(N(C)c2ccc(C(C)(C)C)cc2)cc1. The number of hydrogen-bond acceptors (Lipinski definition) is 4. The van der Waals surface area contributed by atoms with Gasteiger partial charge in [0, 0.05) is 73.7 Å². The largest absolute Gasteiger partial charge is 0.345 e. The Kier molecular flexibility index (Phi) is 9.21. The molecule has 4 nitrogen and oxygen atoms in total. The Morgan fingerprint density at radius 3 is 0.522 bits per heavy atom. The minimum atomic E-state index is 0.153. The molecule has 0 saturated heterocycles. The molecule has 0 radical (unpaired) electrons. The van der Waals surface area contributed by atoms with Gasteiger partial charge in [0.05, 0.1) is 0 Å². The van der Waals surface area contributed by atoms with E-state index in [1.807, 2.05) is 0 Å². The summed E-state index contributed by atoms with van der Waals surface area (Å²) in [5, 5.41) is 0. The Hall–Kier alpha value is -4.70. The summed E-state index contributed by atoms with van der Waals surface area (Å²) in [6.07, 6.45) is 0. The summed E-state index contributed by atoms with van der Waals surface area (Å²) in [5.74, 6) is 0. The van der Waals surface area contributed by atoms with Crippen molar-refractivity contribution in [1.82, 2.24) is 0 Å². The average Bonchev–Trinajstić information content (AvgIpc) is 3.06. The van der Waals surface area contributed by atoms with Gasteiger partial charge in [-0.25, -0.2) is 0 Å². The van der Waals surface area contributed by atoms with Crippen LogP contribution in [0.2, 0.25) is 0 Å². The van der Waals surface area contributed by atoms with Gasteiger partial charge in [0.1, 0.15) is 0 Å². The van der Waals surface area contributed by atoms with Crippen molar-refractivity contribution >= 4 is 45.5 Å². The first-order valence-corrected chi connectivity index (χ1v) is 16.2. The first kappa shape index (κ1) is 32.7. The Bertz CT molecular complexity index is 1570. The Balaban J connectivity index is 1.22. The fourth-order valence-corrected chi connectivity index (χ4v) is 5.67. The fourth-order valence-electron chi connectivity index (χ4n) is 5.67. The molecular formula is C42H50N4. The minimum Gasteiger partial charge on any atom is -0.345 e. The molecule has 0 atom stereocenters. The first-order chi connectivity index (χ1) is 21.7. The highest BCUT2D eigenvalue weighted by molar-refractivity contribution is 5.72. The zero-order chi connectivity index (χ0) is 33.2. The third-order valence-electron chi connectivity index (χ3n) is 9.11. The molecule has 0 spiro atoms. The summed E-state index contributed by atoms with van der Waals surface area (Å²) in [7, 11) is 8.48. The molecule has 0 amide bonds. The summed E-state index contributed by atoms with van der Waals surface area (Å²) in [6.45, 7) is 13.5. The van der Waals surface area contributed by atoms with Crippen LogP contribution in [-0.2, 0) is 10.8 Å². The summed E-state index contributed by atoms with van der Waals surface area (Å²) < 4.78 is 0. The van der Waals surface area contributed by atoms with Gasteiger partial charge in [0.25, 0.3) is 0 Å². The predicted octanol–water partition coefficient (Wildman–Crippen LogP) is 11.4. The summed E-state index contributed by atoms with van der Waals surface area (Å²) >= 11 is 0. The van der Waals surface area contributed by atoms with Crippen LogP contribution in [-0.4, -0.2) is 28.2 Å². The maximum atomic E-state index is 2.25. The Morgan fingerprint density at radius 2 is 0.391 bits per heavy atom. The molecule has 0 heterocycles. The monoisotopic (exact) mass is 610 g/mol. The summed E-state index contributed by atoms with van der Waals surface area (Å²) in [4.78, 5) is 8.92. The molecule has 0 aliphatic carbocycles. The summed E-state index contributed by atoms with van der Waals surface area (Å²) in [5.41, 5.74) is 12.3. The van der Waals surface area contributed by atoms with Gasteiger partial charge in [0.2, 0.25) is 0 Å². The molecule has 5 aromatic rings. The van der Waals surface area contributed by atoms with E-state index in [1.54, 1.807) is 0 Å². The lowest BCUT2D eigenvalue weighted by Gasteiger charge is -2.25. The van der Waals surface area contributed by atoms with Crippen LogP contribution in [0.5, 0.6) is 0 Å². The van der Waals surface area contributed by atoms with E-state index in [-0.39, 0.29) is 10.8 Å². The van der Waals surface area contributed by atoms with Crippen LogP contribution < -0.4 is 19.6 Å². The van der Waals surface area contributed by atoms with Crippen molar-refractivity contribution < 1.29 is 0 Å². The van der Waals surface area contributed by atoms with Gasteiger partial charge in [-0.15, -0.1) is 0 Å². The molecule has 0 aliphatic heterocycles. The Labute approximate surface area is 277 Å². The van der Waals surface area contributed by atoms with Gasteiger partial charge in [-0.2, -0.15) is 0 Å². The number of anilines is 8. The zero-order valence-corrected chi connectivity index (χ0v) is 29.3. The topological polar surface area (TPSA) is 13.0 Å². The molecular weight excluding hydrogens is 560 g/mol. The van der Waals surface area contributed by atoms with Crippen LogP contribution in [0.25, 0.3) is 0 Å². The van der Waals surface area contributed by atoms with E-state index in [2.05, 4.69) is 211 Å². The highest BCUT2D eigenvalue weighted by Crippen LogP contribution is 2.34. The van der Waals surface area contributed by atoms with E-state index in [1.165, 1.54) is 22.5 Å². The maximum Gasteiger partial charge on any atom is 0.0409 e. The molecule has 0 fully saturated rings. The lowest BCUT2D eigenvalue weighted by molar-refractivity contribution is 0.590. The first-order valence-electron chi connectivity index (χ1n) is 16.2. The van der Waals surface area contributed by atoms with Crippen LogP contribution in [0.4, 0.5) is 45.5 Å². The van der Waals surface area contributed by atoms with E-state index in [4.69, 9.17) is 0 Å². The minimum absolute atomic E-state index is 0.153. The predicted molar refractivity (Wildman–Crippen MR) is 202 cm³/mol. The highest BCUT2D eigenvalue weighted by atomic mass is 15.1. The molecule has 5 aromatic carbocycles. The normalized spacial score (nSPS) is 11.7. The molecule has 0 aromatic heterocycles. The van der Waals surface area contributed by atoms with Gasteiger partial charge in [0.15, 0.2) is 0 Å². The standard InChI is InChI=1S/C42H50N4/c1-41(2,3)31-11-15-33(16-12-31)43(7)35-19-23-37(24-20-35)45(9)39-27-29-40(30-28-39)46(10)38-25-21-36(22-26-38)44(8)34-17-13-32(14-18-34)42(4,5)6/h11-30H,1-10H3. The highest BCUT2D eigenvalue weighted by Gasteiger charge is 2.16. The van der Waals surface area contributed by atoms with Gasteiger partial charge in [-0.1, -0.05) is 65.8 Å². The maximum absolute atomic E-state index is 2.25. The second kappa shape index (κ2) is 13.0. The molecule has 4 heteroatoms. The van der Waals surface area contributed by atoms with Crippen LogP contribution in [0.1, 0.15) is 52.7 Å². The van der Waals surface area contributed by atoms with Crippen molar-refractivity contribution in [1.29, 1.82) is 0 Å². The Morgan fingerprint density at radius 1 is 0.261 bits per heavy atom. The smallest absolute Gasteiger partial charge is 0.0409 e. The van der Waals surface area contributed by atoms with Crippen LogP contribution >= 0.6 is 0 Å². The van der Waals surface area contributed by atoms with E-state index in [0.717, 1.165) is 34.1 Å². The third-order valence-corrected chi connectivity index (χ3v) is 9.11. The number of rotatable bonds is 8. The van der Waals surface area contributed by atoms with Gasteiger partial charge < -0.3 is 19.6 Å². The average molecular weight is 611 g/mol. The second-order valence-corrected chi connectivity index (χ2v) is 14.4. The molecule has 238 valence electrons. The second-order valence-electron chi connectivity index (χ2n) is 14.4. The van der Waals surface area contributed by atoms with Crippen LogP contribution in [0.3, 0.4) is 0 Å². The molecule has 5 rings (SSSR count). The third kappa shape index (κ3) is 7.23. The molecule has 0 aliphatic rings. The van der Waals surface area contributed by atoms with E-state index in [0.29, 0.717) is 0 Å². The van der Waals surface area contributed by atoms with E-state index >= 15 is 0 Å². The van der Waals surface area contributed by atoms with E-state index in [9.17, 15) is 0 Å². The molecule has 0 saturated carbocycles. The van der Waals surface area contributed by atoms with Crippen LogP contribution in [0.15, 0.2) is 121 Å². The van der Waals surface area contributed by atoms with Crippen molar-refractivity contribution in [2.75, 3.05) is 47.8 Å². The van der Waals surface area contributed by atoms with Crippen molar-refractivity contribution in [3.05, 3.63) is 132 Å². The lowest BCUT2D eigenvalue weighted by Crippen LogP contribution is -2.14. The van der Waals surface area contributed by atoms with Gasteiger partial charge >= 0.3 is 0 Å². The fraction of sp³-hybridized carbons (Fsp3) is 0.286. The van der Waals surface area contributed by atoms with Crippen molar-refractivity contribution in [3.63, 3.8) is 0 Å². The lowest BCUT2D eigenvalue weighted by atomic mass is 9.87. The zero-order valence-electron chi connectivity index (χ0n) is 29.3. The molecule has 46 heavy (non-hydrogen) atoms.